The van der Waals surface area contributed by atoms with Crippen molar-refractivity contribution in [1.82, 2.24) is 20.3 Å². The molecule has 7 heteroatoms. The van der Waals surface area contributed by atoms with Gasteiger partial charge in [-0.15, -0.1) is 0 Å². The van der Waals surface area contributed by atoms with Gasteiger partial charge in [-0.05, 0) is 36.8 Å². The first-order valence-corrected chi connectivity index (χ1v) is 11.1. The monoisotopic (exact) mass is 419 g/mol. The number of H-pyrrole nitrogens is 1. The summed E-state index contributed by atoms with van der Waals surface area (Å²) in [5.74, 6) is -0.138. The Morgan fingerprint density at radius 2 is 2.26 bits per heavy atom. The second kappa shape index (κ2) is 7.96. The maximum absolute atomic E-state index is 12.9. The number of aromatic amines is 1. The summed E-state index contributed by atoms with van der Waals surface area (Å²) in [4.78, 5) is 27.7. The Hall–Kier alpha value is -2.93. The lowest BCUT2D eigenvalue weighted by Crippen LogP contribution is -2.40. The van der Waals surface area contributed by atoms with Crippen molar-refractivity contribution < 1.29 is 9.53 Å². The van der Waals surface area contributed by atoms with E-state index in [1.54, 1.807) is 12.4 Å². The van der Waals surface area contributed by atoms with Crippen LogP contribution in [0.2, 0.25) is 0 Å². The summed E-state index contributed by atoms with van der Waals surface area (Å²) < 4.78 is 5.48. The highest BCUT2D eigenvalue weighted by molar-refractivity contribution is 6.04. The number of amides is 1. The van der Waals surface area contributed by atoms with Crippen LogP contribution in [0.5, 0.6) is 0 Å². The van der Waals surface area contributed by atoms with Crippen LogP contribution in [0.3, 0.4) is 0 Å². The predicted octanol–water partition coefficient (Wildman–Crippen LogP) is 3.77. The smallest absolute Gasteiger partial charge is 0.255 e. The fraction of sp³-hybridized carbons (Fsp3) is 0.458. The molecule has 0 aliphatic carbocycles. The van der Waals surface area contributed by atoms with Crippen LogP contribution in [0, 0.1) is 5.41 Å². The molecule has 4 heterocycles. The maximum atomic E-state index is 12.9. The van der Waals surface area contributed by atoms with Crippen LogP contribution >= 0.6 is 0 Å². The number of nitrogens with one attached hydrogen (secondary N) is 2. The zero-order valence-corrected chi connectivity index (χ0v) is 18.1. The fourth-order valence-corrected chi connectivity index (χ4v) is 4.52. The molecular formula is C24H29N5O2. The number of benzene rings is 1. The van der Waals surface area contributed by atoms with Gasteiger partial charge in [0.25, 0.3) is 5.91 Å². The minimum atomic E-state index is -0.138. The molecular weight excluding hydrogens is 390 g/mol. The third kappa shape index (κ3) is 4.14. The molecule has 1 aromatic carbocycles. The molecule has 0 radical (unpaired) electrons. The molecule has 0 bridgehead atoms. The number of anilines is 1. The van der Waals surface area contributed by atoms with Crippen LogP contribution in [-0.4, -0.2) is 53.2 Å². The van der Waals surface area contributed by atoms with E-state index in [2.05, 4.69) is 52.2 Å². The Labute approximate surface area is 182 Å². The lowest BCUT2D eigenvalue weighted by Gasteiger charge is -2.22. The number of ether oxygens (including phenoxy) is 1. The molecule has 162 valence electrons. The van der Waals surface area contributed by atoms with Gasteiger partial charge in [0.2, 0.25) is 0 Å². The van der Waals surface area contributed by atoms with E-state index in [0.29, 0.717) is 28.7 Å². The van der Waals surface area contributed by atoms with Crippen LogP contribution < -0.4 is 10.2 Å². The van der Waals surface area contributed by atoms with Gasteiger partial charge in [0.05, 0.1) is 30.1 Å². The quantitative estimate of drug-likeness (QED) is 0.673. The summed E-state index contributed by atoms with van der Waals surface area (Å²) in [6.45, 7) is 8.07. The van der Waals surface area contributed by atoms with Gasteiger partial charge in [0.15, 0.2) is 5.65 Å². The van der Waals surface area contributed by atoms with Gasteiger partial charge in [-0.25, -0.2) is 9.97 Å². The van der Waals surface area contributed by atoms with Crippen molar-refractivity contribution in [2.75, 3.05) is 31.2 Å². The molecule has 7 nitrogen and oxygen atoms in total. The molecule has 5 rings (SSSR count). The van der Waals surface area contributed by atoms with E-state index < -0.39 is 0 Å². The van der Waals surface area contributed by atoms with E-state index in [0.717, 1.165) is 43.8 Å². The fourth-order valence-electron chi connectivity index (χ4n) is 4.52. The zero-order chi connectivity index (χ0) is 21.4. The molecule has 2 N–H and O–H groups in total. The van der Waals surface area contributed by atoms with Gasteiger partial charge in [-0.2, -0.15) is 0 Å². The molecule has 2 aliphatic rings. The number of aromatic nitrogens is 3. The minimum absolute atomic E-state index is 0.0451. The van der Waals surface area contributed by atoms with E-state index >= 15 is 0 Å². The minimum Gasteiger partial charge on any atom is -0.379 e. The van der Waals surface area contributed by atoms with Crippen LogP contribution in [0.25, 0.3) is 22.4 Å². The first-order chi connectivity index (χ1) is 15.0. The highest BCUT2D eigenvalue weighted by Crippen LogP contribution is 2.34. The standard InChI is InChI=1S/C24H29N5O2/c1-24(2)8-9-29(15-24)18-7-3-5-16(11-18)20-13-26-22-21(28-20)19(12-25-22)23(30)27-17-6-4-10-31-14-17/h3,5,7,11-13,17H,4,6,8-10,14-15H2,1-2H3,(H,25,26)(H,27,30). The zero-order valence-electron chi connectivity index (χ0n) is 18.1. The van der Waals surface area contributed by atoms with Crippen molar-refractivity contribution in [3.63, 3.8) is 0 Å². The average Bonchev–Trinajstić information content (AvgIpc) is 3.37. The van der Waals surface area contributed by atoms with Crippen molar-refractivity contribution >= 4 is 22.8 Å². The number of fused-ring (bicyclic) bond motifs is 1. The van der Waals surface area contributed by atoms with Crippen LogP contribution in [-0.2, 0) is 4.74 Å². The summed E-state index contributed by atoms with van der Waals surface area (Å²) >= 11 is 0. The Morgan fingerprint density at radius 3 is 3.03 bits per heavy atom. The molecule has 3 aromatic rings. The lowest BCUT2D eigenvalue weighted by atomic mass is 9.93. The van der Waals surface area contributed by atoms with Gasteiger partial charge in [-0.1, -0.05) is 26.0 Å². The molecule has 1 unspecified atom stereocenters. The van der Waals surface area contributed by atoms with Crippen molar-refractivity contribution in [2.24, 2.45) is 5.41 Å². The van der Waals surface area contributed by atoms with Crippen LogP contribution in [0.1, 0.15) is 43.5 Å². The topological polar surface area (TPSA) is 83.1 Å². The predicted molar refractivity (Wildman–Crippen MR) is 121 cm³/mol. The molecule has 0 spiro atoms. The largest absolute Gasteiger partial charge is 0.379 e. The number of rotatable bonds is 4. The van der Waals surface area contributed by atoms with Crippen LogP contribution in [0.15, 0.2) is 36.7 Å². The summed E-state index contributed by atoms with van der Waals surface area (Å²) in [5, 5.41) is 3.07. The Kier molecular flexibility index (Phi) is 5.14. The van der Waals surface area contributed by atoms with Crippen molar-refractivity contribution in [2.45, 2.75) is 39.2 Å². The molecule has 31 heavy (non-hydrogen) atoms. The van der Waals surface area contributed by atoms with E-state index in [1.807, 2.05) is 6.07 Å². The number of carbonyl (C=O) groups excluding carboxylic acids is 1. The molecule has 1 amide bonds. The maximum Gasteiger partial charge on any atom is 0.255 e. The van der Waals surface area contributed by atoms with Gasteiger partial charge in [0.1, 0.15) is 5.52 Å². The van der Waals surface area contributed by atoms with Crippen molar-refractivity contribution in [1.29, 1.82) is 0 Å². The lowest BCUT2D eigenvalue weighted by molar-refractivity contribution is 0.0625. The summed E-state index contributed by atoms with van der Waals surface area (Å²) in [6.07, 6.45) is 6.55. The first kappa shape index (κ1) is 20.0. The number of hydrogen-bond donors (Lipinski definition) is 2. The molecule has 2 aliphatic heterocycles. The number of nitrogens with zero attached hydrogens (tertiary/aromatic N) is 3. The number of hydrogen-bond acceptors (Lipinski definition) is 5. The van der Waals surface area contributed by atoms with E-state index in [-0.39, 0.29) is 11.9 Å². The highest BCUT2D eigenvalue weighted by Gasteiger charge is 2.29. The van der Waals surface area contributed by atoms with E-state index in [4.69, 9.17) is 9.72 Å². The first-order valence-electron chi connectivity index (χ1n) is 11.1. The van der Waals surface area contributed by atoms with Crippen molar-refractivity contribution in [3.8, 4) is 11.3 Å². The molecule has 2 fully saturated rings. The molecule has 1 atom stereocenters. The highest BCUT2D eigenvalue weighted by atomic mass is 16.5. The van der Waals surface area contributed by atoms with Gasteiger partial charge in [0, 0.05) is 37.1 Å². The normalized spacial score (nSPS) is 20.8. The van der Waals surface area contributed by atoms with Gasteiger partial charge in [-0.3, -0.25) is 4.79 Å². The average molecular weight is 420 g/mol. The van der Waals surface area contributed by atoms with E-state index in [9.17, 15) is 4.79 Å². The van der Waals surface area contributed by atoms with Crippen molar-refractivity contribution in [3.05, 3.63) is 42.2 Å². The summed E-state index contributed by atoms with van der Waals surface area (Å²) in [6, 6.07) is 8.48. The summed E-state index contributed by atoms with van der Waals surface area (Å²) in [5.41, 5.74) is 5.05. The molecule has 0 saturated carbocycles. The second-order valence-corrected chi connectivity index (χ2v) is 9.43. The van der Waals surface area contributed by atoms with Gasteiger partial charge >= 0.3 is 0 Å². The number of carbonyl (C=O) groups is 1. The molecule has 2 aromatic heterocycles. The summed E-state index contributed by atoms with van der Waals surface area (Å²) in [7, 11) is 0. The third-order valence-corrected chi connectivity index (χ3v) is 6.31. The Bertz CT molecular complexity index is 1100. The Balaban J connectivity index is 1.42. The SMILES string of the molecule is CC1(C)CCN(c2cccc(-c3cnc4[nH]cc(C(=O)NC5CCCOC5)c4n3)c2)C1. The molecule has 2 saturated heterocycles. The van der Waals surface area contributed by atoms with Gasteiger partial charge < -0.3 is 19.9 Å². The third-order valence-electron chi connectivity index (χ3n) is 6.31. The second-order valence-electron chi connectivity index (χ2n) is 9.43. The van der Waals surface area contributed by atoms with E-state index in [1.165, 1.54) is 12.1 Å². The van der Waals surface area contributed by atoms with Crippen LogP contribution in [0.4, 0.5) is 5.69 Å². The Morgan fingerprint density at radius 1 is 1.35 bits per heavy atom.